The van der Waals surface area contributed by atoms with Gasteiger partial charge in [-0.15, -0.1) is 11.3 Å². The number of thiazole rings is 1. The summed E-state index contributed by atoms with van der Waals surface area (Å²) >= 11 is 5.03. The number of halogens is 1. The Morgan fingerprint density at radius 2 is 0.360 bits per heavy atom. The first kappa shape index (κ1) is 63.7. The number of nitrogens with zero attached hydrogens (tertiary/aromatic N) is 1. The van der Waals surface area contributed by atoms with E-state index in [1.165, 1.54) is 69.2 Å². The van der Waals surface area contributed by atoms with E-state index >= 15 is 0 Å². The van der Waals surface area contributed by atoms with Gasteiger partial charge >= 0.3 is 0 Å². The Balaban J connectivity index is 0.000000123. The van der Waals surface area contributed by atoms with Crippen LogP contribution in [0.15, 0.2) is 404 Å². The third-order valence-corrected chi connectivity index (χ3v) is 25.2. The molecule has 7 heteroatoms. The topological polar surface area (TPSA) is 12.9 Å². The molecule has 0 spiro atoms. The Morgan fingerprint density at radius 3 is 0.494 bits per heavy atom. The van der Waals surface area contributed by atoms with Crippen molar-refractivity contribution in [2.75, 3.05) is 0 Å². The standard InChI is InChI=1S/4C18H15P.C10H8BrNS/c4*1-4-10-16(11-5-1)19(17-12-6-2-7-13-17)18-14-8-3-9-15-18;11-9-7-13-10(12-9)6-8-4-2-1-3-5-8/h4*1-15H;1-5,7H,6H2. The summed E-state index contributed by atoms with van der Waals surface area (Å²) in [5, 5.41) is 19.9. The number of aromatic nitrogens is 1. The van der Waals surface area contributed by atoms with Crippen LogP contribution in [0, 0.1) is 0 Å². The van der Waals surface area contributed by atoms with E-state index in [-0.39, 0.29) is 0 Å². The second kappa shape index (κ2) is 35.6. The molecule has 0 aliphatic rings. The van der Waals surface area contributed by atoms with Crippen LogP contribution in [0.2, 0.25) is 0 Å². The van der Waals surface area contributed by atoms with Crippen LogP contribution < -0.4 is 63.7 Å². The van der Waals surface area contributed by atoms with Gasteiger partial charge < -0.3 is 0 Å². The molecule has 434 valence electrons. The van der Waals surface area contributed by atoms with Gasteiger partial charge in [-0.1, -0.05) is 394 Å². The van der Waals surface area contributed by atoms with Gasteiger partial charge in [-0.3, -0.25) is 0 Å². The van der Waals surface area contributed by atoms with E-state index in [1.54, 1.807) is 11.3 Å². The van der Waals surface area contributed by atoms with Gasteiger partial charge in [0.2, 0.25) is 0 Å². The normalized spacial score (nSPS) is 10.5. The molecule has 0 atom stereocenters. The van der Waals surface area contributed by atoms with Crippen LogP contribution in [0.25, 0.3) is 0 Å². The summed E-state index contributed by atoms with van der Waals surface area (Å²) in [6.07, 6.45) is 0.928. The lowest BCUT2D eigenvalue weighted by Gasteiger charge is -2.18. The Kier molecular flexibility index (Phi) is 25.5. The Labute approximate surface area is 544 Å². The van der Waals surface area contributed by atoms with Crippen LogP contribution in [0.1, 0.15) is 10.6 Å². The van der Waals surface area contributed by atoms with Crippen LogP contribution >= 0.6 is 59.0 Å². The quantitative estimate of drug-likeness (QED) is 0.0989. The minimum atomic E-state index is -0.446. The van der Waals surface area contributed by atoms with Gasteiger partial charge in [0.05, 0.1) is 5.01 Å². The molecule has 1 aromatic heterocycles. The minimum Gasteiger partial charge on any atom is -0.234 e. The van der Waals surface area contributed by atoms with Crippen molar-refractivity contribution in [1.29, 1.82) is 0 Å². The predicted octanol–water partition coefficient (Wildman–Crippen LogP) is 17.3. The van der Waals surface area contributed by atoms with Crippen LogP contribution in [0.3, 0.4) is 0 Å². The van der Waals surface area contributed by atoms with Gasteiger partial charge in [-0.2, -0.15) is 0 Å². The Bertz CT molecular complexity index is 3280. The molecule has 89 heavy (non-hydrogen) atoms. The molecule has 0 N–H and O–H groups in total. The molecular formula is C82H68BrNP4S. The van der Waals surface area contributed by atoms with Gasteiger partial charge in [0.25, 0.3) is 0 Å². The molecule has 0 unspecified atom stereocenters. The Hall–Kier alpha value is -8.31. The first-order valence-electron chi connectivity index (χ1n) is 29.6. The molecule has 1 heterocycles. The van der Waals surface area contributed by atoms with Crippen LogP contribution in [-0.2, 0) is 6.42 Å². The molecule has 14 rings (SSSR count). The first-order chi connectivity index (χ1) is 44.1. The van der Waals surface area contributed by atoms with Gasteiger partial charge in [-0.05, 0) is 117 Å². The summed E-state index contributed by atoms with van der Waals surface area (Å²) in [7, 11) is -1.78. The SMILES string of the molecule is Brc1csc(Cc2ccccc2)n1.c1ccc(P(c2ccccc2)c2ccccc2)cc1.c1ccc(P(c2ccccc2)c2ccccc2)cc1.c1ccc(P(c2ccccc2)c2ccccc2)cc1.c1ccc(P(c2ccccc2)c2ccccc2)cc1. The molecule has 0 bridgehead atoms. The van der Waals surface area contributed by atoms with E-state index in [9.17, 15) is 0 Å². The maximum atomic E-state index is 4.34. The van der Waals surface area contributed by atoms with Crippen LogP contribution in [-0.4, -0.2) is 4.98 Å². The molecule has 14 aromatic rings. The van der Waals surface area contributed by atoms with E-state index in [1.807, 2.05) is 11.4 Å². The summed E-state index contributed by atoms with van der Waals surface area (Å²) in [6.45, 7) is 0. The molecule has 0 aliphatic heterocycles. The summed E-state index contributed by atoms with van der Waals surface area (Å²) < 4.78 is 0.934. The maximum Gasteiger partial charge on any atom is 0.117 e. The molecule has 1 nitrogen and oxygen atoms in total. The summed E-state index contributed by atoms with van der Waals surface area (Å²) in [6, 6.07) is 140. The average Bonchev–Trinajstić information content (AvgIpc) is 3.86. The third-order valence-electron chi connectivity index (χ3n) is 13.9. The van der Waals surface area contributed by atoms with Crippen molar-refractivity contribution in [3.05, 3.63) is 415 Å². The van der Waals surface area contributed by atoms with Crippen molar-refractivity contribution in [1.82, 2.24) is 4.98 Å². The molecule has 0 amide bonds. The van der Waals surface area contributed by atoms with Gasteiger partial charge in [0.1, 0.15) is 4.60 Å². The number of hydrogen-bond donors (Lipinski definition) is 0. The number of rotatable bonds is 14. The van der Waals surface area contributed by atoms with Crippen molar-refractivity contribution >= 4 is 123 Å². The maximum absolute atomic E-state index is 4.34. The zero-order valence-electron chi connectivity index (χ0n) is 49.3. The molecule has 0 saturated heterocycles. The van der Waals surface area contributed by atoms with Crippen molar-refractivity contribution in [2.24, 2.45) is 0 Å². The van der Waals surface area contributed by atoms with E-state index in [0.29, 0.717) is 0 Å². The highest BCUT2D eigenvalue weighted by Gasteiger charge is 2.19. The molecule has 0 radical (unpaired) electrons. The highest BCUT2D eigenvalue weighted by atomic mass is 79.9. The van der Waals surface area contributed by atoms with Crippen LogP contribution in [0.5, 0.6) is 0 Å². The second-order valence-corrected chi connectivity index (χ2v) is 30.7. The van der Waals surface area contributed by atoms with E-state index in [2.05, 4.69) is 409 Å². The molecule has 13 aromatic carbocycles. The fourth-order valence-corrected chi connectivity index (χ4v) is 20.4. The lowest BCUT2D eigenvalue weighted by Crippen LogP contribution is -2.20. The van der Waals surface area contributed by atoms with E-state index in [4.69, 9.17) is 0 Å². The lowest BCUT2D eigenvalue weighted by atomic mass is 10.2. The predicted molar refractivity (Wildman–Crippen MR) is 400 cm³/mol. The highest BCUT2D eigenvalue weighted by molar-refractivity contribution is 9.10. The molecular weight excluding hydrogens is 1230 g/mol. The summed E-state index contributed by atoms with van der Waals surface area (Å²) in [5.74, 6) is 0. The molecule has 0 saturated carbocycles. The molecule has 0 fully saturated rings. The van der Waals surface area contributed by atoms with Crippen LogP contribution in [0.4, 0.5) is 0 Å². The fraction of sp³-hybridized carbons (Fsp3) is 0.0122. The summed E-state index contributed by atoms with van der Waals surface area (Å²) in [4.78, 5) is 4.34. The van der Waals surface area contributed by atoms with Gasteiger partial charge in [0, 0.05) is 11.8 Å². The average molecular weight is 1300 g/mol. The number of benzene rings is 13. The largest absolute Gasteiger partial charge is 0.234 e. The van der Waals surface area contributed by atoms with Gasteiger partial charge in [-0.25, -0.2) is 4.98 Å². The highest BCUT2D eigenvalue weighted by Crippen LogP contribution is 2.35. The summed E-state index contributed by atoms with van der Waals surface area (Å²) in [5.41, 5.74) is 1.31. The lowest BCUT2D eigenvalue weighted by molar-refractivity contribution is 1.12. The number of hydrogen-bond acceptors (Lipinski definition) is 2. The van der Waals surface area contributed by atoms with Crippen molar-refractivity contribution in [3.63, 3.8) is 0 Å². The smallest absolute Gasteiger partial charge is 0.117 e. The second-order valence-electron chi connectivity index (χ2n) is 20.1. The molecule has 0 aliphatic carbocycles. The minimum absolute atomic E-state index is 0.446. The fourth-order valence-electron chi connectivity index (χ4n) is 9.85. The Morgan fingerprint density at radius 1 is 0.213 bits per heavy atom. The van der Waals surface area contributed by atoms with Crippen molar-refractivity contribution in [3.8, 4) is 0 Å². The van der Waals surface area contributed by atoms with Crippen molar-refractivity contribution < 1.29 is 0 Å². The van der Waals surface area contributed by atoms with Gasteiger partial charge in [0.15, 0.2) is 0 Å². The zero-order chi connectivity index (χ0) is 60.8. The van der Waals surface area contributed by atoms with E-state index in [0.717, 1.165) is 16.0 Å². The zero-order valence-corrected chi connectivity index (χ0v) is 55.3. The van der Waals surface area contributed by atoms with E-state index < -0.39 is 31.7 Å². The monoisotopic (exact) mass is 1300 g/mol. The van der Waals surface area contributed by atoms with Crippen molar-refractivity contribution in [2.45, 2.75) is 6.42 Å². The first-order valence-corrected chi connectivity index (χ1v) is 36.6. The third kappa shape index (κ3) is 19.6.